The minimum atomic E-state index is -0.0369. The second-order valence-electron chi connectivity index (χ2n) is 5.71. The summed E-state index contributed by atoms with van der Waals surface area (Å²) in [7, 11) is 0. The van der Waals surface area contributed by atoms with Crippen LogP contribution in [0.1, 0.15) is 11.1 Å². The third-order valence-electron chi connectivity index (χ3n) is 3.98. The van der Waals surface area contributed by atoms with Gasteiger partial charge in [0.25, 0.3) is 5.91 Å². The van der Waals surface area contributed by atoms with E-state index in [4.69, 9.17) is 12.2 Å². The first-order chi connectivity index (χ1) is 12.2. The van der Waals surface area contributed by atoms with Gasteiger partial charge >= 0.3 is 0 Å². The van der Waals surface area contributed by atoms with Gasteiger partial charge in [-0.05, 0) is 35.4 Å². The van der Waals surface area contributed by atoms with Crippen LogP contribution in [0.2, 0.25) is 0 Å². The van der Waals surface area contributed by atoms with Crippen molar-refractivity contribution < 1.29 is 4.79 Å². The number of carbonyl (C=O) groups excluding carboxylic acids is 1. The predicted octanol–water partition coefficient (Wildman–Crippen LogP) is 4.64. The molecule has 0 atom stereocenters. The fourth-order valence-corrected chi connectivity index (χ4v) is 3.99. The molecule has 3 aromatic rings. The van der Waals surface area contributed by atoms with Gasteiger partial charge in [0.05, 0.1) is 17.0 Å². The lowest BCUT2D eigenvalue weighted by Gasteiger charge is -2.14. The second-order valence-corrected chi connectivity index (χ2v) is 7.38. The lowest BCUT2D eigenvalue weighted by atomic mass is 10.1. The number of thioether (sulfide) groups is 1. The Morgan fingerprint density at radius 3 is 2.76 bits per heavy atom. The summed E-state index contributed by atoms with van der Waals surface area (Å²) in [4.78, 5) is 19.4. The highest BCUT2D eigenvalue weighted by atomic mass is 32.2. The largest absolute Gasteiger partial charge is 0.288 e. The van der Waals surface area contributed by atoms with Crippen molar-refractivity contribution in [3.8, 4) is 0 Å². The molecule has 3 nitrogen and oxygen atoms in total. The number of aromatic nitrogens is 1. The molecule has 1 aromatic heterocycles. The van der Waals surface area contributed by atoms with E-state index in [0.717, 1.165) is 22.0 Å². The van der Waals surface area contributed by atoms with Crippen molar-refractivity contribution in [2.24, 2.45) is 0 Å². The summed E-state index contributed by atoms with van der Waals surface area (Å²) in [5, 5.41) is 1.05. The van der Waals surface area contributed by atoms with E-state index >= 15 is 0 Å². The van der Waals surface area contributed by atoms with Gasteiger partial charge in [-0.3, -0.25) is 14.7 Å². The Hall–Kier alpha value is -2.50. The van der Waals surface area contributed by atoms with Gasteiger partial charge < -0.3 is 0 Å². The van der Waals surface area contributed by atoms with Crippen molar-refractivity contribution in [3.63, 3.8) is 0 Å². The summed E-state index contributed by atoms with van der Waals surface area (Å²) in [6, 6.07) is 19.8. The smallest absolute Gasteiger partial charge is 0.266 e. The van der Waals surface area contributed by atoms with Crippen molar-refractivity contribution in [2.75, 3.05) is 0 Å². The second kappa shape index (κ2) is 6.78. The molecule has 0 aliphatic carbocycles. The molecule has 2 heterocycles. The van der Waals surface area contributed by atoms with Crippen LogP contribution in [0.4, 0.5) is 0 Å². The summed E-state index contributed by atoms with van der Waals surface area (Å²) < 4.78 is 0.600. The summed E-state index contributed by atoms with van der Waals surface area (Å²) in [6.45, 7) is 0.504. The van der Waals surface area contributed by atoms with E-state index < -0.39 is 0 Å². The fraction of sp³-hybridized carbons (Fsp3) is 0.0500. The van der Waals surface area contributed by atoms with Gasteiger partial charge in [-0.25, -0.2) is 0 Å². The predicted molar refractivity (Wildman–Crippen MR) is 107 cm³/mol. The molecule has 0 N–H and O–H groups in total. The third kappa shape index (κ3) is 3.34. The molecular weight excluding hydrogens is 348 g/mol. The summed E-state index contributed by atoms with van der Waals surface area (Å²) in [6.07, 6.45) is 3.67. The first-order valence-corrected chi connectivity index (χ1v) is 9.07. The molecule has 0 saturated carbocycles. The van der Waals surface area contributed by atoms with E-state index in [-0.39, 0.29) is 5.91 Å². The molecular formula is C20H14N2OS2. The van der Waals surface area contributed by atoms with Gasteiger partial charge in [0.1, 0.15) is 4.32 Å². The molecule has 5 heteroatoms. The van der Waals surface area contributed by atoms with E-state index in [1.54, 1.807) is 11.1 Å². The number of carbonyl (C=O) groups is 1. The maximum absolute atomic E-state index is 12.7. The lowest BCUT2D eigenvalue weighted by Crippen LogP contribution is -2.27. The van der Waals surface area contributed by atoms with Crippen LogP contribution in [0, 0.1) is 0 Å². The summed E-state index contributed by atoms with van der Waals surface area (Å²) in [5.41, 5.74) is 2.98. The molecule has 0 spiro atoms. The molecule has 1 amide bonds. The first-order valence-electron chi connectivity index (χ1n) is 7.85. The van der Waals surface area contributed by atoms with Gasteiger partial charge in [-0.2, -0.15) is 0 Å². The highest BCUT2D eigenvalue weighted by molar-refractivity contribution is 8.26. The molecule has 0 radical (unpaired) electrons. The normalized spacial score (nSPS) is 16.2. The van der Waals surface area contributed by atoms with Gasteiger partial charge in [0.15, 0.2) is 0 Å². The van der Waals surface area contributed by atoms with Gasteiger partial charge in [-0.1, -0.05) is 66.4 Å². The number of rotatable bonds is 3. The minimum absolute atomic E-state index is 0.0369. The van der Waals surface area contributed by atoms with Gasteiger partial charge in [0.2, 0.25) is 0 Å². The monoisotopic (exact) mass is 362 g/mol. The Kier molecular flexibility index (Phi) is 4.34. The molecule has 1 aliphatic heterocycles. The summed E-state index contributed by atoms with van der Waals surface area (Å²) >= 11 is 6.76. The molecule has 25 heavy (non-hydrogen) atoms. The quantitative estimate of drug-likeness (QED) is 0.502. The summed E-state index contributed by atoms with van der Waals surface area (Å²) in [5.74, 6) is -0.0369. The average Bonchev–Trinajstić information content (AvgIpc) is 2.90. The molecule has 4 rings (SSSR count). The highest BCUT2D eigenvalue weighted by Crippen LogP contribution is 2.33. The Bertz CT molecular complexity index is 999. The van der Waals surface area contributed by atoms with Crippen LogP contribution < -0.4 is 0 Å². The zero-order chi connectivity index (χ0) is 17.2. The molecule has 0 bridgehead atoms. The van der Waals surface area contributed by atoms with Crippen molar-refractivity contribution in [2.45, 2.75) is 6.54 Å². The SMILES string of the molecule is O=C1C(=Cc2ccc3ncccc3c2)SC(=S)N1Cc1ccccc1. The Balaban J connectivity index is 1.60. The number of amides is 1. The Morgan fingerprint density at radius 1 is 1.08 bits per heavy atom. The number of thiocarbonyl (C=S) groups is 1. The van der Waals surface area contributed by atoms with Crippen LogP contribution in [-0.4, -0.2) is 20.1 Å². The average molecular weight is 362 g/mol. The minimum Gasteiger partial charge on any atom is -0.288 e. The van der Waals surface area contributed by atoms with E-state index in [0.29, 0.717) is 15.8 Å². The first kappa shape index (κ1) is 16.0. The third-order valence-corrected chi connectivity index (χ3v) is 5.36. The Morgan fingerprint density at radius 2 is 1.92 bits per heavy atom. The van der Waals surface area contributed by atoms with Crippen LogP contribution in [0.3, 0.4) is 0 Å². The zero-order valence-electron chi connectivity index (χ0n) is 13.3. The van der Waals surface area contributed by atoms with Crippen molar-refractivity contribution in [1.82, 2.24) is 9.88 Å². The van der Waals surface area contributed by atoms with E-state index in [2.05, 4.69) is 4.98 Å². The van der Waals surface area contributed by atoms with Crippen LogP contribution in [0.15, 0.2) is 71.8 Å². The molecule has 1 fully saturated rings. The molecule has 0 unspecified atom stereocenters. The number of hydrogen-bond donors (Lipinski definition) is 0. The molecule has 1 saturated heterocycles. The number of nitrogens with zero attached hydrogens (tertiary/aromatic N) is 2. The van der Waals surface area contributed by atoms with E-state index in [9.17, 15) is 4.79 Å². The van der Waals surface area contributed by atoms with Crippen molar-refractivity contribution in [1.29, 1.82) is 0 Å². The number of pyridine rings is 1. The Labute approximate surface area is 155 Å². The lowest BCUT2D eigenvalue weighted by molar-refractivity contribution is -0.122. The fourth-order valence-electron chi connectivity index (χ4n) is 2.74. The van der Waals surface area contributed by atoms with Crippen LogP contribution in [-0.2, 0) is 11.3 Å². The standard InChI is InChI=1S/C20H14N2OS2/c23-19-18(12-15-8-9-17-16(11-15)7-4-10-21-17)25-20(24)22(19)13-14-5-2-1-3-6-14/h1-12H,13H2. The number of benzene rings is 2. The van der Waals surface area contributed by atoms with Crippen LogP contribution >= 0.6 is 24.0 Å². The van der Waals surface area contributed by atoms with Crippen molar-refractivity contribution >= 4 is 51.2 Å². The molecule has 2 aromatic carbocycles. The number of fused-ring (bicyclic) bond motifs is 1. The van der Waals surface area contributed by atoms with E-state index in [1.807, 2.05) is 66.7 Å². The van der Waals surface area contributed by atoms with Crippen molar-refractivity contribution in [3.05, 3.63) is 82.9 Å². The maximum atomic E-state index is 12.7. The zero-order valence-corrected chi connectivity index (χ0v) is 14.9. The topological polar surface area (TPSA) is 33.2 Å². The van der Waals surface area contributed by atoms with E-state index in [1.165, 1.54) is 11.8 Å². The highest BCUT2D eigenvalue weighted by Gasteiger charge is 2.31. The van der Waals surface area contributed by atoms with Crippen LogP contribution in [0.5, 0.6) is 0 Å². The number of hydrogen-bond acceptors (Lipinski definition) is 4. The van der Waals surface area contributed by atoms with Gasteiger partial charge in [-0.15, -0.1) is 0 Å². The molecule has 1 aliphatic rings. The van der Waals surface area contributed by atoms with Crippen LogP contribution in [0.25, 0.3) is 17.0 Å². The van der Waals surface area contributed by atoms with Gasteiger partial charge in [0, 0.05) is 11.6 Å². The molecule has 122 valence electrons. The maximum Gasteiger partial charge on any atom is 0.266 e.